The lowest BCUT2D eigenvalue weighted by Crippen LogP contribution is -2.65. The Morgan fingerprint density at radius 1 is 1.17 bits per heavy atom. The number of rotatable bonds is 8. The molecule has 0 spiro atoms. The summed E-state index contributed by atoms with van der Waals surface area (Å²) < 4.78 is 53.9. The fourth-order valence-corrected chi connectivity index (χ4v) is 3.62. The minimum Gasteiger partial charge on any atom is -0.326 e. The molecule has 4 rings (SSSR count). The van der Waals surface area contributed by atoms with E-state index < -0.39 is 41.1 Å². The summed E-state index contributed by atoms with van der Waals surface area (Å²) in [4.78, 5) is 26.3. The second-order valence-corrected chi connectivity index (χ2v) is 8.19. The SMILES string of the molecule is N#CC1(N[C@@](C=O)(Cc2ccccc2C(F)(F)F)NC(=O)c2cnn(-c3ccc(F)cc3)n2)CC1. The number of nitrogens with zero attached hydrogens (tertiary/aromatic N) is 4. The van der Waals surface area contributed by atoms with Crippen molar-refractivity contribution >= 4 is 12.2 Å². The highest BCUT2D eigenvalue weighted by Crippen LogP contribution is 2.38. The molecule has 0 radical (unpaired) electrons. The van der Waals surface area contributed by atoms with Crippen LogP contribution in [-0.4, -0.2) is 38.4 Å². The maximum absolute atomic E-state index is 13.6. The second kappa shape index (κ2) is 8.92. The van der Waals surface area contributed by atoms with Crippen molar-refractivity contribution in [3.8, 4) is 11.8 Å². The molecule has 1 aromatic heterocycles. The van der Waals surface area contributed by atoms with Crippen molar-refractivity contribution in [3.63, 3.8) is 0 Å². The number of amides is 1. The molecule has 0 aliphatic heterocycles. The van der Waals surface area contributed by atoms with Gasteiger partial charge in [0.2, 0.25) is 0 Å². The summed E-state index contributed by atoms with van der Waals surface area (Å²) >= 11 is 0. The molecule has 2 aromatic carbocycles. The lowest BCUT2D eigenvalue weighted by atomic mass is 9.94. The third kappa shape index (κ3) is 5.20. The third-order valence-electron chi connectivity index (χ3n) is 5.54. The molecule has 35 heavy (non-hydrogen) atoms. The van der Waals surface area contributed by atoms with E-state index in [1.807, 2.05) is 6.07 Å². The van der Waals surface area contributed by atoms with Crippen LogP contribution >= 0.6 is 0 Å². The van der Waals surface area contributed by atoms with Gasteiger partial charge >= 0.3 is 6.18 Å². The Balaban J connectivity index is 1.65. The molecule has 12 heteroatoms. The number of nitrogens with one attached hydrogen (secondary N) is 2. The van der Waals surface area contributed by atoms with Gasteiger partial charge < -0.3 is 5.32 Å². The fourth-order valence-electron chi connectivity index (χ4n) is 3.62. The van der Waals surface area contributed by atoms with Gasteiger partial charge in [0.25, 0.3) is 5.91 Å². The van der Waals surface area contributed by atoms with Gasteiger partial charge in [0, 0.05) is 6.42 Å². The van der Waals surface area contributed by atoms with Crippen molar-refractivity contribution in [1.82, 2.24) is 25.6 Å². The number of hydrogen-bond donors (Lipinski definition) is 2. The van der Waals surface area contributed by atoms with E-state index in [0.717, 1.165) is 17.1 Å². The number of aldehydes is 1. The molecule has 0 bridgehead atoms. The molecule has 1 aliphatic carbocycles. The van der Waals surface area contributed by atoms with Gasteiger partial charge in [-0.2, -0.15) is 28.3 Å². The molecule has 1 aliphatic rings. The highest BCUT2D eigenvalue weighted by molar-refractivity contribution is 5.94. The van der Waals surface area contributed by atoms with E-state index in [1.165, 1.54) is 42.5 Å². The Morgan fingerprint density at radius 3 is 2.46 bits per heavy atom. The lowest BCUT2D eigenvalue weighted by molar-refractivity contribution is -0.138. The predicted molar refractivity (Wildman–Crippen MR) is 113 cm³/mol. The minimum absolute atomic E-state index is 0.242. The minimum atomic E-state index is -4.69. The van der Waals surface area contributed by atoms with Crippen molar-refractivity contribution in [3.05, 3.63) is 77.4 Å². The Bertz CT molecular complexity index is 1290. The molecule has 2 N–H and O–H groups in total. The highest BCUT2D eigenvalue weighted by atomic mass is 19.4. The lowest BCUT2D eigenvalue weighted by Gasteiger charge is -2.33. The smallest absolute Gasteiger partial charge is 0.326 e. The quantitative estimate of drug-likeness (QED) is 0.288. The van der Waals surface area contributed by atoms with Crippen LogP contribution in [0.25, 0.3) is 5.69 Å². The Kier molecular flexibility index (Phi) is 6.12. The summed E-state index contributed by atoms with van der Waals surface area (Å²) in [7, 11) is 0. The number of nitriles is 1. The standard InChI is InChI=1S/C23H18F4N6O2/c24-16-5-7-17(8-6-16)33-29-12-19(31-33)20(35)30-22(14-34,32-21(13-28)9-10-21)11-15-3-1-2-4-18(15)23(25,26)27/h1-8,12,14,32H,9-11H2,(H,30,35)/t22-/m1/s1. The number of carbonyl (C=O) groups is 2. The molecule has 180 valence electrons. The second-order valence-electron chi connectivity index (χ2n) is 8.19. The topological polar surface area (TPSA) is 113 Å². The number of benzene rings is 2. The van der Waals surface area contributed by atoms with E-state index in [9.17, 15) is 32.4 Å². The van der Waals surface area contributed by atoms with Crippen LogP contribution in [-0.2, 0) is 17.4 Å². The molecule has 0 unspecified atom stereocenters. The average Bonchev–Trinajstić information content (AvgIpc) is 3.41. The first-order valence-corrected chi connectivity index (χ1v) is 10.4. The zero-order valence-corrected chi connectivity index (χ0v) is 18.0. The van der Waals surface area contributed by atoms with Crippen molar-refractivity contribution in [2.24, 2.45) is 0 Å². The summed E-state index contributed by atoms with van der Waals surface area (Å²) in [5.41, 5.74) is -4.30. The Morgan fingerprint density at radius 2 is 1.86 bits per heavy atom. The van der Waals surface area contributed by atoms with Crippen LogP contribution in [0.15, 0.2) is 54.7 Å². The van der Waals surface area contributed by atoms with Gasteiger partial charge in [-0.25, -0.2) is 4.39 Å². The molecule has 1 fully saturated rings. The summed E-state index contributed by atoms with van der Waals surface area (Å²) in [6, 6.07) is 11.8. The monoisotopic (exact) mass is 486 g/mol. The number of hydrogen-bond acceptors (Lipinski definition) is 6. The molecule has 1 heterocycles. The zero-order chi connectivity index (χ0) is 25.3. The Labute approximate surface area is 196 Å². The van der Waals surface area contributed by atoms with Crippen molar-refractivity contribution in [1.29, 1.82) is 5.26 Å². The summed E-state index contributed by atoms with van der Waals surface area (Å²) in [5.74, 6) is -1.39. The summed E-state index contributed by atoms with van der Waals surface area (Å²) in [5, 5.41) is 22.6. The van der Waals surface area contributed by atoms with Crippen LogP contribution in [0.1, 0.15) is 34.5 Å². The molecule has 3 aromatic rings. The molecular weight excluding hydrogens is 468 g/mol. The van der Waals surface area contributed by atoms with Crippen LogP contribution < -0.4 is 10.6 Å². The van der Waals surface area contributed by atoms with Gasteiger partial charge in [-0.1, -0.05) is 18.2 Å². The van der Waals surface area contributed by atoms with E-state index in [1.54, 1.807) is 0 Å². The fraction of sp³-hybridized carbons (Fsp3) is 0.261. The summed E-state index contributed by atoms with van der Waals surface area (Å²) in [6.45, 7) is 0. The van der Waals surface area contributed by atoms with Gasteiger partial charge in [0.1, 0.15) is 11.4 Å². The molecule has 1 atom stereocenters. The van der Waals surface area contributed by atoms with E-state index >= 15 is 0 Å². The van der Waals surface area contributed by atoms with Gasteiger partial charge in [-0.05, 0) is 48.7 Å². The number of alkyl halides is 3. The first-order chi connectivity index (χ1) is 16.6. The highest BCUT2D eigenvalue weighted by Gasteiger charge is 2.50. The zero-order valence-electron chi connectivity index (χ0n) is 18.0. The van der Waals surface area contributed by atoms with Crippen LogP contribution in [0.3, 0.4) is 0 Å². The van der Waals surface area contributed by atoms with E-state index in [4.69, 9.17) is 0 Å². The van der Waals surface area contributed by atoms with Crippen LogP contribution in [0.2, 0.25) is 0 Å². The average molecular weight is 486 g/mol. The molecule has 1 amide bonds. The van der Waals surface area contributed by atoms with Crippen molar-refractivity contribution in [2.45, 2.75) is 36.6 Å². The van der Waals surface area contributed by atoms with Gasteiger partial charge in [-0.3, -0.25) is 14.9 Å². The Hall–Kier alpha value is -4.11. The predicted octanol–water partition coefficient (Wildman–Crippen LogP) is 2.94. The number of aromatic nitrogens is 3. The van der Waals surface area contributed by atoms with Gasteiger partial charge in [-0.15, -0.1) is 5.10 Å². The van der Waals surface area contributed by atoms with E-state index in [2.05, 4.69) is 20.8 Å². The third-order valence-corrected chi connectivity index (χ3v) is 5.54. The van der Waals surface area contributed by atoms with Crippen LogP contribution in [0, 0.1) is 17.1 Å². The van der Waals surface area contributed by atoms with Crippen molar-refractivity contribution < 1.29 is 27.2 Å². The first kappa shape index (κ1) is 24.0. The summed E-state index contributed by atoms with van der Waals surface area (Å²) in [6.07, 6.45) is -3.19. The number of carbonyl (C=O) groups excluding carboxylic acids is 2. The molecular formula is C23H18F4N6O2. The normalized spacial score (nSPS) is 16.1. The van der Waals surface area contributed by atoms with E-state index in [0.29, 0.717) is 18.5 Å². The maximum Gasteiger partial charge on any atom is 0.416 e. The van der Waals surface area contributed by atoms with Gasteiger partial charge in [0.05, 0.1) is 23.5 Å². The number of halogens is 4. The molecule has 1 saturated carbocycles. The van der Waals surface area contributed by atoms with Crippen LogP contribution in [0.4, 0.5) is 17.6 Å². The van der Waals surface area contributed by atoms with E-state index in [-0.39, 0.29) is 17.5 Å². The van der Waals surface area contributed by atoms with Crippen molar-refractivity contribution in [2.75, 3.05) is 0 Å². The molecule has 0 saturated heterocycles. The maximum atomic E-state index is 13.6. The van der Waals surface area contributed by atoms with Crippen LogP contribution in [0.5, 0.6) is 0 Å². The molecule has 8 nitrogen and oxygen atoms in total. The van der Waals surface area contributed by atoms with Gasteiger partial charge in [0.15, 0.2) is 17.6 Å². The first-order valence-electron chi connectivity index (χ1n) is 10.4. The largest absolute Gasteiger partial charge is 0.416 e.